The molecule has 0 aliphatic carbocycles. The van der Waals surface area contributed by atoms with Crippen LogP contribution < -0.4 is 5.43 Å². The van der Waals surface area contributed by atoms with Crippen LogP contribution in [0.3, 0.4) is 0 Å². The molecular weight excluding hydrogens is 126 g/mol. The van der Waals surface area contributed by atoms with Crippen LogP contribution >= 0.6 is 0 Å². The van der Waals surface area contributed by atoms with E-state index in [0.717, 1.165) is 11.3 Å². The van der Waals surface area contributed by atoms with E-state index in [9.17, 15) is 4.79 Å². The summed E-state index contributed by atoms with van der Waals surface area (Å²) in [7, 11) is 1.93. The molecule has 0 fully saturated rings. The van der Waals surface area contributed by atoms with Crippen LogP contribution in [-0.2, 0) is 7.05 Å². The summed E-state index contributed by atoms with van der Waals surface area (Å²) in [4.78, 5) is 11.0. The molecule has 1 aromatic rings. The molecule has 0 aromatic carbocycles. The second kappa shape index (κ2) is 2.29. The summed E-state index contributed by atoms with van der Waals surface area (Å²) >= 11 is 0. The molecule has 0 radical (unpaired) electrons. The standard InChI is InChI=1S/C8H11NO/c1-6-5-9(3)7(2)4-8(6)10/h4-5H,1-3H3. The van der Waals surface area contributed by atoms with Gasteiger partial charge >= 0.3 is 0 Å². The van der Waals surface area contributed by atoms with Crippen LogP contribution in [0, 0.1) is 13.8 Å². The van der Waals surface area contributed by atoms with Crippen molar-refractivity contribution < 1.29 is 0 Å². The second-order valence-corrected chi connectivity index (χ2v) is 2.57. The van der Waals surface area contributed by atoms with E-state index in [1.54, 1.807) is 6.07 Å². The maximum atomic E-state index is 11.0. The fourth-order valence-electron chi connectivity index (χ4n) is 0.861. The Kier molecular flexibility index (Phi) is 1.62. The largest absolute Gasteiger partial charge is 0.354 e. The minimum Gasteiger partial charge on any atom is -0.354 e. The first-order valence-electron chi connectivity index (χ1n) is 3.25. The molecule has 1 aromatic heterocycles. The fourth-order valence-corrected chi connectivity index (χ4v) is 0.861. The predicted molar refractivity (Wildman–Crippen MR) is 41.2 cm³/mol. The van der Waals surface area contributed by atoms with E-state index in [1.807, 2.05) is 31.7 Å². The first-order valence-corrected chi connectivity index (χ1v) is 3.25. The molecule has 1 rings (SSSR count). The molecule has 2 heteroatoms. The number of hydrogen-bond donors (Lipinski definition) is 0. The molecule has 0 aliphatic rings. The number of rotatable bonds is 0. The van der Waals surface area contributed by atoms with Gasteiger partial charge in [0, 0.05) is 30.6 Å². The first-order chi connectivity index (χ1) is 4.61. The summed E-state index contributed by atoms with van der Waals surface area (Å²) in [5, 5.41) is 0. The van der Waals surface area contributed by atoms with Gasteiger partial charge in [-0.05, 0) is 13.8 Å². The molecule has 0 amide bonds. The van der Waals surface area contributed by atoms with Gasteiger partial charge in [-0.25, -0.2) is 0 Å². The van der Waals surface area contributed by atoms with Crippen molar-refractivity contribution in [3.8, 4) is 0 Å². The maximum absolute atomic E-state index is 11.0. The average Bonchev–Trinajstić information content (AvgIpc) is 1.84. The van der Waals surface area contributed by atoms with Crippen LogP contribution in [0.2, 0.25) is 0 Å². The molecule has 0 saturated heterocycles. The van der Waals surface area contributed by atoms with E-state index in [-0.39, 0.29) is 5.43 Å². The molecule has 54 valence electrons. The molecule has 0 unspecified atom stereocenters. The Bertz CT molecular complexity index is 299. The van der Waals surface area contributed by atoms with Crippen LogP contribution in [0.15, 0.2) is 17.1 Å². The Labute approximate surface area is 60.1 Å². The van der Waals surface area contributed by atoms with Crippen molar-refractivity contribution in [1.82, 2.24) is 4.57 Å². The zero-order valence-electron chi connectivity index (χ0n) is 6.51. The molecule has 0 aliphatic heterocycles. The van der Waals surface area contributed by atoms with Crippen molar-refractivity contribution in [3.63, 3.8) is 0 Å². The van der Waals surface area contributed by atoms with E-state index in [1.165, 1.54) is 0 Å². The van der Waals surface area contributed by atoms with Crippen molar-refractivity contribution in [2.24, 2.45) is 7.05 Å². The van der Waals surface area contributed by atoms with Gasteiger partial charge in [-0.15, -0.1) is 0 Å². The topological polar surface area (TPSA) is 22.0 Å². The lowest BCUT2D eigenvalue weighted by atomic mass is 10.2. The van der Waals surface area contributed by atoms with E-state index in [4.69, 9.17) is 0 Å². The second-order valence-electron chi connectivity index (χ2n) is 2.57. The van der Waals surface area contributed by atoms with Crippen LogP contribution in [0.25, 0.3) is 0 Å². The van der Waals surface area contributed by atoms with Gasteiger partial charge in [-0.3, -0.25) is 4.79 Å². The number of nitrogens with zero attached hydrogens (tertiary/aromatic N) is 1. The zero-order chi connectivity index (χ0) is 7.72. The van der Waals surface area contributed by atoms with E-state index < -0.39 is 0 Å². The summed E-state index contributed by atoms with van der Waals surface area (Å²) in [5.74, 6) is 0. The summed E-state index contributed by atoms with van der Waals surface area (Å²) in [5.41, 5.74) is 1.92. The van der Waals surface area contributed by atoms with Crippen LogP contribution in [-0.4, -0.2) is 4.57 Å². The van der Waals surface area contributed by atoms with Gasteiger partial charge in [0.1, 0.15) is 0 Å². The summed E-state index contributed by atoms with van der Waals surface area (Å²) in [6.45, 7) is 3.74. The Morgan fingerprint density at radius 1 is 1.40 bits per heavy atom. The number of aryl methyl sites for hydroxylation is 3. The monoisotopic (exact) mass is 137 g/mol. The smallest absolute Gasteiger partial charge is 0.184 e. The van der Waals surface area contributed by atoms with Gasteiger partial charge in [0.25, 0.3) is 0 Å². The van der Waals surface area contributed by atoms with Crippen molar-refractivity contribution in [2.75, 3.05) is 0 Å². The third-order valence-corrected chi connectivity index (χ3v) is 1.67. The van der Waals surface area contributed by atoms with E-state index >= 15 is 0 Å². The van der Waals surface area contributed by atoms with Crippen LogP contribution in [0.4, 0.5) is 0 Å². The third-order valence-electron chi connectivity index (χ3n) is 1.67. The molecule has 0 N–H and O–H groups in total. The molecule has 0 atom stereocenters. The predicted octanol–water partition coefficient (Wildman–Crippen LogP) is 1.00. The molecule has 0 bridgehead atoms. The number of aromatic nitrogens is 1. The highest BCUT2D eigenvalue weighted by atomic mass is 16.1. The maximum Gasteiger partial charge on any atom is 0.184 e. The Hall–Kier alpha value is -1.05. The van der Waals surface area contributed by atoms with Gasteiger partial charge < -0.3 is 4.57 Å². The van der Waals surface area contributed by atoms with Gasteiger partial charge in [-0.1, -0.05) is 0 Å². The normalized spacial score (nSPS) is 9.90. The van der Waals surface area contributed by atoms with E-state index in [2.05, 4.69) is 0 Å². The Morgan fingerprint density at radius 2 is 2.00 bits per heavy atom. The van der Waals surface area contributed by atoms with Crippen molar-refractivity contribution >= 4 is 0 Å². The highest BCUT2D eigenvalue weighted by Crippen LogP contribution is 1.93. The summed E-state index contributed by atoms with van der Waals surface area (Å²) in [6.07, 6.45) is 1.84. The van der Waals surface area contributed by atoms with Gasteiger partial charge in [0.2, 0.25) is 0 Å². The number of hydrogen-bond acceptors (Lipinski definition) is 1. The van der Waals surface area contributed by atoms with Crippen LogP contribution in [0.5, 0.6) is 0 Å². The molecule has 0 spiro atoms. The molecule has 1 heterocycles. The van der Waals surface area contributed by atoms with E-state index in [0.29, 0.717) is 0 Å². The highest BCUT2D eigenvalue weighted by Gasteiger charge is 1.93. The molecule has 0 saturated carbocycles. The quantitative estimate of drug-likeness (QED) is 0.523. The lowest BCUT2D eigenvalue weighted by Gasteiger charge is -2.02. The third kappa shape index (κ3) is 1.10. The molecule has 2 nitrogen and oxygen atoms in total. The average molecular weight is 137 g/mol. The summed E-state index contributed by atoms with van der Waals surface area (Å²) in [6, 6.07) is 1.65. The van der Waals surface area contributed by atoms with Crippen molar-refractivity contribution in [2.45, 2.75) is 13.8 Å². The van der Waals surface area contributed by atoms with Crippen LogP contribution in [0.1, 0.15) is 11.3 Å². The van der Waals surface area contributed by atoms with Gasteiger partial charge in [-0.2, -0.15) is 0 Å². The summed E-state index contributed by atoms with van der Waals surface area (Å²) < 4.78 is 1.94. The van der Waals surface area contributed by atoms with Gasteiger partial charge in [0.15, 0.2) is 5.43 Å². The minimum absolute atomic E-state index is 0.121. The lowest BCUT2D eigenvalue weighted by Crippen LogP contribution is -2.09. The molecular formula is C8H11NO. The minimum atomic E-state index is 0.121. The zero-order valence-corrected chi connectivity index (χ0v) is 6.51. The SMILES string of the molecule is Cc1cn(C)c(C)cc1=O. The first kappa shape index (κ1) is 7.06. The molecule has 10 heavy (non-hydrogen) atoms. The highest BCUT2D eigenvalue weighted by molar-refractivity contribution is 5.13. The van der Waals surface area contributed by atoms with Crippen molar-refractivity contribution in [3.05, 3.63) is 33.7 Å². The van der Waals surface area contributed by atoms with Gasteiger partial charge in [0.05, 0.1) is 0 Å². The Balaban J connectivity index is 3.43. The fraction of sp³-hybridized carbons (Fsp3) is 0.375. The number of pyridine rings is 1. The Morgan fingerprint density at radius 3 is 2.50 bits per heavy atom. The van der Waals surface area contributed by atoms with Crippen molar-refractivity contribution in [1.29, 1.82) is 0 Å². The lowest BCUT2D eigenvalue weighted by molar-refractivity contribution is 0.844.